The summed E-state index contributed by atoms with van der Waals surface area (Å²) in [6, 6.07) is 25.2. The second-order valence-electron chi connectivity index (χ2n) is 9.56. The lowest BCUT2D eigenvalue weighted by atomic mass is 9.80. The molecule has 0 bridgehead atoms. The topological polar surface area (TPSA) is 41.6 Å². The molecule has 2 atom stereocenters. The van der Waals surface area contributed by atoms with Crippen molar-refractivity contribution in [3.05, 3.63) is 89.5 Å². The van der Waals surface area contributed by atoms with Crippen molar-refractivity contribution < 1.29 is 9.53 Å². The van der Waals surface area contributed by atoms with Gasteiger partial charge in [-0.2, -0.15) is 0 Å². The molecule has 5 rings (SSSR count). The first kappa shape index (κ1) is 25.3. The van der Waals surface area contributed by atoms with E-state index >= 15 is 0 Å². The Kier molecular flexibility index (Phi) is 8.48. The molecule has 1 heterocycles. The van der Waals surface area contributed by atoms with Crippen LogP contribution < -0.4 is 10.1 Å². The third-order valence-corrected chi connectivity index (χ3v) is 7.56. The number of carbonyl (C=O) groups is 1. The largest absolute Gasteiger partial charge is 0.496 e. The van der Waals surface area contributed by atoms with Crippen LogP contribution in [-0.4, -0.2) is 43.6 Å². The van der Waals surface area contributed by atoms with Crippen LogP contribution in [0.1, 0.15) is 40.7 Å². The van der Waals surface area contributed by atoms with Crippen LogP contribution in [-0.2, 0) is 12.8 Å². The predicted octanol–water partition coefficient (Wildman–Crippen LogP) is 5.78. The average Bonchev–Trinajstić information content (AvgIpc) is 3.29. The van der Waals surface area contributed by atoms with Crippen molar-refractivity contribution in [2.45, 2.75) is 38.1 Å². The van der Waals surface area contributed by atoms with Gasteiger partial charge in [0, 0.05) is 18.2 Å². The molecule has 4 nitrogen and oxygen atoms in total. The number of unbranched alkanes of at least 4 members (excludes halogenated alkanes) is 1. The lowest BCUT2D eigenvalue weighted by Crippen LogP contribution is -2.39. The van der Waals surface area contributed by atoms with E-state index < -0.39 is 0 Å². The maximum Gasteiger partial charge on any atom is 0.251 e. The van der Waals surface area contributed by atoms with Crippen molar-refractivity contribution in [1.82, 2.24) is 10.2 Å². The van der Waals surface area contributed by atoms with Crippen molar-refractivity contribution in [2.75, 3.05) is 26.7 Å². The number of carbonyl (C=O) groups excluding carboxylic acids is 1. The maximum atomic E-state index is 12.5. The van der Waals surface area contributed by atoms with E-state index in [1.165, 1.54) is 29.7 Å². The van der Waals surface area contributed by atoms with Gasteiger partial charge >= 0.3 is 0 Å². The minimum Gasteiger partial charge on any atom is -0.496 e. The summed E-state index contributed by atoms with van der Waals surface area (Å²) >= 11 is 0. The number of likely N-dealkylation sites (tertiary alicyclic amines) is 1. The zero-order valence-electron chi connectivity index (χ0n) is 20.4. The number of nitrogens with zero attached hydrogens (tertiary/aromatic N) is 1. The number of benzene rings is 3. The van der Waals surface area contributed by atoms with E-state index in [9.17, 15) is 4.79 Å². The van der Waals surface area contributed by atoms with E-state index in [0.29, 0.717) is 6.04 Å². The van der Waals surface area contributed by atoms with Crippen molar-refractivity contribution >= 4 is 18.3 Å². The SMILES string of the molecule is COc1cccc2c1CC1CCN(CCCCNC(=O)c3ccc(-c4ccccc4)cc3)C1C2.Cl. The Bertz CT molecular complexity index is 1120. The molecule has 3 aromatic carbocycles. The Hall–Kier alpha value is -2.82. The van der Waals surface area contributed by atoms with Crippen molar-refractivity contribution in [1.29, 1.82) is 0 Å². The van der Waals surface area contributed by atoms with Crippen molar-refractivity contribution in [2.24, 2.45) is 5.92 Å². The van der Waals surface area contributed by atoms with Crippen LogP contribution in [0.3, 0.4) is 0 Å². The summed E-state index contributed by atoms with van der Waals surface area (Å²) in [4.78, 5) is 15.2. The maximum absolute atomic E-state index is 12.5. The van der Waals surface area contributed by atoms with Gasteiger partial charge in [0.2, 0.25) is 0 Å². The lowest BCUT2D eigenvalue weighted by Gasteiger charge is -2.33. The van der Waals surface area contributed by atoms with Gasteiger partial charge in [-0.25, -0.2) is 0 Å². The van der Waals surface area contributed by atoms with Gasteiger partial charge in [-0.1, -0.05) is 54.6 Å². The summed E-state index contributed by atoms with van der Waals surface area (Å²) in [5.74, 6) is 1.81. The first-order valence-corrected chi connectivity index (χ1v) is 12.6. The molecule has 0 radical (unpaired) electrons. The van der Waals surface area contributed by atoms with Gasteiger partial charge in [-0.15, -0.1) is 12.4 Å². The second kappa shape index (κ2) is 11.7. The first-order chi connectivity index (χ1) is 16.7. The first-order valence-electron chi connectivity index (χ1n) is 12.6. The smallest absolute Gasteiger partial charge is 0.251 e. The third-order valence-electron chi connectivity index (χ3n) is 7.56. The van der Waals surface area contributed by atoms with E-state index in [1.807, 2.05) is 42.5 Å². The van der Waals surface area contributed by atoms with Gasteiger partial charge in [0.15, 0.2) is 0 Å². The van der Waals surface area contributed by atoms with Gasteiger partial charge in [-0.05, 0) is 91.6 Å². The Morgan fingerprint density at radius 3 is 2.49 bits per heavy atom. The number of hydrogen-bond acceptors (Lipinski definition) is 3. The van der Waals surface area contributed by atoms with Crippen LogP contribution in [0.15, 0.2) is 72.8 Å². The van der Waals surface area contributed by atoms with Crippen LogP contribution in [0.5, 0.6) is 5.75 Å². The number of fused-ring (bicyclic) bond motifs is 2. The van der Waals surface area contributed by atoms with Crippen molar-refractivity contribution in [3.8, 4) is 16.9 Å². The van der Waals surface area contributed by atoms with E-state index in [1.54, 1.807) is 7.11 Å². The summed E-state index contributed by atoms with van der Waals surface area (Å²) in [7, 11) is 1.78. The number of amides is 1. The molecule has 35 heavy (non-hydrogen) atoms. The van der Waals surface area contributed by atoms with E-state index in [2.05, 4.69) is 40.5 Å². The molecule has 1 aliphatic heterocycles. The van der Waals surface area contributed by atoms with Gasteiger partial charge in [0.1, 0.15) is 5.75 Å². The number of rotatable bonds is 8. The molecule has 184 valence electrons. The minimum absolute atomic E-state index is 0. The standard InChI is InChI=1S/C30H34N2O2.ClH/c1-34-29-11-7-10-25-21-28-26(20-27(25)29)16-19-32(28)18-6-5-17-31-30(33)24-14-12-23(13-15-24)22-8-3-2-4-9-22;/h2-4,7-15,26,28H,5-6,16-21H2,1H3,(H,31,33);1H. The predicted molar refractivity (Wildman–Crippen MR) is 145 cm³/mol. The number of methoxy groups -OCH3 is 1. The fourth-order valence-electron chi connectivity index (χ4n) is 5.70. The van der Waals surface area contributed by atoms with Crippen LogP contribution in [0.2, 0.25) is 0 Å². The fraction of sp³-hybridized carbons (Fsp3) is 0.367. The molecule has 1 fully saturated rings. The quantitative estimate of drug-likeness (QED) is 0.407. The molecule has 0 spiro atoms. The summed E-state index contributed by atoms with van der Waals surface area (Å²) in [6.07, 6.45) is 5.66. The van der Waals surface area contributed by atoms with Gasteiger partial charge < -0.3 is 10.1 Å². The fourth-order valence-corrected chi connectivity index (χ4v) is 5.70. The van der Waals surface area contributed by atoms with Gasteiger partial charge in [0.05, 0.1) is 7.11 Å². The van der Waals surface area contributed by atoms with E-state index in [4.69, 9.17) is 4.74 Å². The highest BCUT2D eigenvalue weighted by Crippen LogP contribution is 2.39. The Labute approximate surface area is 215 Å². The van der Waals surface area contributed by atoms with Gasteiger partial charge in [0.25, 0.3) is 5.91 Å². The van der Waals surface area contributed by atoms with Crippen LogP contribution >= 0.6 is 12.4 Å². The molecule has 1 aliphatic carbocycles. The number of nitrogens with one attached hydrogen (secondary N) is 1. The lowest BCUT2D eigenvalue weighted by molar-refractivity contribution is 0.0952. The number of halogens is 1. The minimum atomic E-state index is 0. The molecule has 0 saturated carbocycles. The highest BCUT2D eigenvalue weighted by atomic mass is 35.5. The van der Waals surface area contributed by atoms with E-state index in [0.717, 1.165) is 61.6 Å². The molecule has 2 unspecified atom stereocenters. The summed E-state index contributed by atoms with van der Waals surface area (Å²) in [5.41, 5.74) is 5.90. The Morgan fingerprint density at radius 2 is 1.71 bits per heavy atom. The molecule has 2 aliphatic rings. The highest BCUT2D eigenvalue weighted by Gasteiger charge is 2.38. The molecular weight excluding hydrogens is 456 g/mol. The van der Waals surface area contributed by atoms with Gasteiger partial charge in [-0.3, -0.25) is 9.69 Å². The zero-order valence-corrected chi connectivity index (χ0v) is 21.2. The zero-order chi connectivity index (χ0) is 23.3. The molecule has 3 aromatic rings. The molecular formula is C30H35ClN2O2. The molecule has 1 N–H and O–H groups in total. The Balaban J connectivity index is 0.00000289. The normalized spacial score (nSPS) is 18.8. The monoisotopic (exact) mass is 490 g/mol. The van der Waals surface area contributed by atoms with Crippen molar-refractivity contribution in [3.63, 3.8) is 0 Å². The Morgan fingerprint density at radius 1 is 0.943 bits per heavy atom. The van der Waals surface area contributed by atoms with Crippen LogP contribution in [0, 0.1) is 5.92 Å². The van der Waals surface area contributed by atoms with Crippen LogP contribution in [0.4, 0.5) is 0 Å². The molecule has 1 amide bonds. The molecule has 5 heteroatoms. The summed E-state index contributed by atoms with van der Waals surface area (Å²) in [6.45, 7) is 3.02. The number of hydrogen-bond donors (Lipinski definition) is 1. The van der Waals surface area contributed by atoms with Crippen LogP contribution in [0.25, 0.3) is 11.1 Å². The van der Waals surface area contributed by atoms with E-state index in [-0.39, 0.29) is 18.3 Å². The molecule has 1 saturated heterocycles. The average molecular weight is 491 g/mol. The second-order valence-corrected chi connectivity index (χ2v) is 9.56. The summed E-state index contributed by atoms with van der Waals surface area (Å²) in [5, 5.41) is 3.09. The molecule has 0 aromatic heterocycles. The third kappa shape index (κ3) is 5.71. The number of ether oxygens (including phenoxy) is 1. The summed E-state index contributed by atoms with van der Waals surface area (Å²) < 4.78 is 5.61. The highest BCUT2D eigenvalue weighted by molar-refractivity contribution is 5.94.